The topological polar surface area (TPSA) is 84.0 Å². The van der Waals surface area contributed by atoms with Gasteiger partial charge >= 0.3 is 0 Å². The molecule has 34 heavy (non-hydrogen) atoms. The van der Waals surface area contributed by atoms with Crippen LogP contribution in [-0.2, 0) is 21.1 Å². The first-order chi connectivity index (χ1) is 16.2. The van der Waals surface area contributed by atoms with Crippen molar-refractivity contribution in [2.75, 3.05) is 0 Å². The van der Waals surface area contributed by atoms with Crippen molar-refractivity contribution in [2.45, 2.75) is 0 Å². The molecule has 0 amide bonds. The fourth-order valence-corrected chi connectivity index (χ4v) is 4.07. The van der Waals surface area contributed by atoms with E-state index in [9.17, 15) is 10.4 Å². The third-order valence-corrected chi connectivity index (χ3v) is 5.58. The maximum absolute atomic E-state index is 10.4. The Morgan fingerprint density at radius 1 is 0.912 bits per heavy atom. The molecular weight excluding hydrogens is 607 g/mol. The van der Waals surface area contributed by atoms with Gasteiger partial charge < -0.3 is 14.4 Å². The second kappa shape index (κ2) is 8.62. The van der Waals surface area contributed by atoms with Crippen LogP contribution in [0.2, 0.25) is 0 Å². The molecule has 6 rings (SSSR count). The number of hydrogen-bond donors (Lipinski definition) is 1. The molecule has 166 valence electrons. The van der Waals surface area contributed by atoms with E-state index in [0.717, 1.165) is 27.6 Å². The molecule has 0 bridgehead atoms. The van der Waals surface area contributed by atoms with Crippen molar-refractivity contribution >= 4 is 32.7 Å². The van der Waals surface area contributed by atoms with Gasteiger partial charge in [0.15, 0.2) is 5.75 Å². The maximum atomic E-state index is 10.4. The maximum Gasteiger partial charge on any atom is 0.217 e. The van der Waals surface area contributed by atoms with E-state index in [2.05, 4.69) is 32.7 Å². The molecule has 0 aliphatic carbocycles. The Bertz CT molecular complexity index is 1720. The first-order valence-electron chi connectivity index (χ1n) is 10.3. The minimum Gasteiger partial charge on any atom is -0.504 e. The number of aromatic hydroxyl groups is 1. The molecule has 0 aliphatic rings. The molecule has 0 unspecified atom stereocenters. The number of phenols is 1. The average molecular weight is 623 g/mol. The van der Waals surface area contributed by atoms with Crippen LogP contribution in [0.3, 0.4) is 0 Å². The number of nitrogens with zero attached hydrogens (tertiary/aromatic N) is 4. The Hall–Kier alpha value is -4.20. The second-order valence-corrected chi connectivity index (χ2v) is 7.52. The minimum absolute atomic E-state index is 0. The molecule has 0 saturated carbocycles. The van der Waals surface area contributed by atoms with Crippen LogP contribution in [0.15, 0.2) is 85.1 Å². The molecular formula is C27H15N4O2Pt-. The SMILES string of the molecule is N#Cc1ccc2ccc(Oc3[c-]c4c(cc3)c3ccccc3n4-c3ccccn3)nc2c1O.[Pt]. The normalized spacial score (nSPS) is 10.8. The van der Waals surface area contributed by atoms with Gasteiger partial charge in [-0.3, -0.25) is 0 Å². The summed E-state index contributed by atoms with van der Waals surface area (Å²) in [7, 11) is 0. The second-order valence-electron chi connectivity index (χ2n) is 7.52. The molecule has 0 spiro atoms. The van der Waals surface area contributed by atoms with Crippen LogP contribution < -0.4 is 4.74 Å². The van der Waals surface area contributed by atoms with Gasteiger partial charge in [-0.2, -0.15) is 11.3 Å². The van der Waals surface area contributed by atoms with E-state index >= 15 is 0 Å². The van der Waals surface area contributed by atoms with Crippen molar-refractivity contribution in [1.82, 2.24) is 14.5 Å². The molecule has 6 aromatic rings. The van der Waals surface area contributed by atoms with Gasteiger partial charge in [-0.25, -0.2) is 9.97 Å². The van der Waals surface area contributed by atoms with Crippen molar-refractivity contribution in [2.24, 2.45) is 0 Å². The summed E-state index contributed by atoms with van der Waals surface area (Å²) in [4.78, 5) is 8.95. The van der Waals surface area contributed by atoms with E-state index < -0.39 is 0 Å². The van der Waals surface area contributed by atoms with Crippen molar-refractivity contribution in [3.8, 4) is 29.3 Å². The van der Waals surface area contributed by atoms with E-state index in [1.54, 1.807) is 30.5 Å². The predicted octanol–water partition coefficient (Wildman–Crippen LogP) is 5.89. The van der Waals surface area contributed by atoms with Crippen LogP contribution in [0, 0.1) is 17.4 Å². The number of ether oxygens (including phenoxy) is 1. The monoisotopic (exact) mass is 622 g/mol. The standard InChI is InChI=1S/C27H15N4O2.Pt/c28-16-18-9-8-17-10-13-25(30-26(17)27(18)32)33-19-11-12-21-20-5-1-2-6-22(20)31(23(21)15-19)24-7-3-4-14-29-24;/h1-14,32H;/q-1;. The molecule has 0 aliphatic heterocycles. The summed E-state index contributed by atoms with van der Waals surface area (Å²) >= 11 is 0. The first-order valence-corrected chi connectivity index (χ1v) is 10.3. The molecule has 0 radical (unpaired) electrons. The van der Waals surface area contributed by atoms with Crippen molar-refractivity contribution < 1.29 is 30.9 Å². The van der Waals surface area contributed by atoms with Crippen LogP contribution in [0.1, 0.15) is 5.56 Å². The van der Waals surface area contributed by atoms with Gasteiger partial charge in [-0.15, -0.1) is 17.5 Å². The van der Waals surface area contributed by atoms with E-state index in [-0.39, 0.29) is 32.4 Å². The third-order valence-electron chi connectivity index (χ3n) is 5.58. The molecule has 0 saturated heterocycles. The van der Waals surface area contributed by atoms with Crippen molar-refractivity contribution in [3.63, 3.8) is 0 Å². The third kappa shape index (κ3) is 3.47. The summed E-state index contributed by atoms with van der Waals surface area (Å²) in [5.74, 6) is 1.40. The zero-order chi connectivity index (χ0) is 22.4. The van der Waals surface area contributed by atoms with Crippen LogP contribution >= 0.6 is 0 Å². The number of aromatic nitrogens is 3. The minimum atomic E-state index is -0.157. The van der Waals surface area contributed by atoms with Crippen molar-refractivity contribution in [3.05, 3.63) is 96.7 Å². The summed E-state index contributed by atoms with van der Waals surface area (Å²) < 4.78 is 8.07. The van der Waals surface area contributed by atoms with Gasteiger partial charge in [-0.1, -0.05) is 35.8 Å². The van der Waals surface area contributed by atoms with Crippen LogP contribution in [0.5, 0.6) is 17.4 Å². The fourth-order valence-electron chi connectivity index (χ4n) is 4.07. The smallest absolute Gasteiger partial charge is 0.217 e. The van der Waals surface area contributed by atoms with Gasteiger partial charge in [0.05, 0.1) is 5.56 Å². The molecule has 3 heterocycles. The Balaban J connectivity index is 0.00000241. The molecule has 0 fully saturated rings. The zero-order valence-electron chi connectivity index (χ0n) is 17.5. The van der Waals surface area contributed by atoms with E-state index in [0.29, 0.717) is 22.5 Å². The van der Waals surface area contributed by atoms with Gasteiger partial charge in [0.1, 0.15) is 17.4 Å². The number of phenolic OH excluding ortho intramolecular Hbond substituents is 1. The van der Waals surface area contributed by atoms with Crippen LogP contribution in [0.4, 0.5) is 0 Å². The van der Waals surface area contributed by atoms with E-state index in [4.69, 9.17) is 4.74 Å². The molecule has 1 N–H and O–H groups in total. The van der Waals surface area contributed by atoms with E-state index in [1.165, 1.54) is 0 Å². The number of pyridine rings is 2. The van der Waals surface area contributed by atoms with Crippen LogP contribution in [-0.4, -0.2) is 19.6 Å². The Morgan fingerprint density at radius 3 is 2.56 bits per heavy atom. The Labute approximate surface area is 209 Å². The summed E-state index contributed by atoms with van der Waals surface area (Å²) in [5.41, 5.74) is 2.34. The number of benzene rings is 3. The molecule has 6 nitrogen and oxygen atoms in total. The summed E-state index contributed by atoms with van der Waals surface area (Å²) in [6.45, 7) is 0. The molecule has 0 atom stereocenters. The summed E-state index contributed by atoms with van der Waals surface area (Å²) in [6.07, 6.45) is 1.76. The number of fused-ring (bicyclic) bond motifs is 4. The fraction of sp³-hybridized carbons (Fsp3) is 0. The molecule has 3 aromatic carbocycles. The first kappa shape index (κ1) is 21.6. The van der Waals surface area contributed by atoms with E-state index in [1.807, 2.05) is 48.5 Å². The largest absolute Gasteiger partial charge is 0.504 e. The summed E-state index contributed by atoms with van der Waals surface area (Å²) in [6, 6.07) is 29.9. The number of nitriles is 1. The Kier molecular flexibility index (Phi) is 5.49. The average Bonchev–Trinajstić information content (AvgIpc) is 3.19. The number of rotatable bonds is 3. The quantitative estimate of drug-likeness (QED) is 0.249. The zero-order valence-corrected chi connectivity index (χ0v) is 19.8. The summed E-state index contributed by atoms with van der Waals surface area (Å²) in [5, 5.41) is 22.4. The molecule has 7 heteroatoms. The number of hydrogen-bond acceptors (Lipinski definition) is 5. The number of para-hydroxylation sites is 1. The Morgan fingerprint density at radius 2 is 1.74 bits per heavy atom. The molecule has 3 aromatic heterocycles. The van der Waals surface area contributed by atoms with Crippen LogP contribution in [0.25, 0.3) is 38.5 Å². The van der Waals surface area contributed by atoms with Crippen molar-refractivity contribution in [1.29, 1.82) is 5.26 Å². The van der Waals surface area contributed by atoms with Gasteiger partial charge in [0, 0.05) is 50.0 Å². The van der Waals surface area contributed by atoms with Gasteiger partial charge in [-0.05, 0) is 35.7 Å². The predicted molar refractivity (Wildman–Crippen MR) is 126 cm³/mol. The van der Waals surface area contributed by atoms with Gasteiger partial charge in [0.2, 0.25) is 5.88 Å². The van der Waals surface area contributed by atoms with Gasteiger partial charge in [0.25, 0.3) is 0 Å².